The molecule has 0 saturated heterocycles. The second-order valence-corrected chi connectivity index (χ2v) is 12.3. The van der Waals surface area contributed by atoms with Gasteiger partial charge < -0.3 is 5.32 Å². The maximum atomic E-state index is 3.59. The van der Waals surface area contributed by atoms with Crippen LogP contribution >= 0.6 is 0 Å². The zero-order chi connectivity index (χ0) is 19.1. The minimum Gasteiger partial charge on any atom is -0.356 e. The second-order valence-electron chi connectivity index (χ2n) is 8.00. The van der Waals surface area contributed by atoms with E-state index in [0.717, 1.165) is 11.4 Å². The van der Waals surface area contributed by atoms with E-state index in [0.29, 0.717) is 0 Å². The van der Waals surface area contributed by atoms with Gasteiger partial charge in [0.05, 0.1) is 0 Å². The Hall–Kier alpha value is -3.10. The first-order valence-electron chi connectivity index (χ1n) is 9.80. The molecule has 0 atom stereocenters. The Morgan fingerprint density at radius 1 is 0.536 bits per heavy atom. The topological polar surface area (TPSA) is 12.0 Å². The highest BCUT2D eigenvalue weighted by Gasteiger charge is 2.36. The predicted octanol–water partition coefficient (Wildman–Crippen LogP) is 5.90. The van der Waals surface area contributed by atoms with Crippen LogP contribution in [0.5, 0.6) is 0 Å². The van der Waals surface area contributed by atoms with Crippen LogP contribution in [0.3, 0.4) is 0 Å². The molecule has 136 valence electrons. The first kappa shape index (κ1) is 17.0. The first-order chi connectivity index (χ1) is 13.6. The highest BCUT2D eigenvalue weighted by atomic mass is 28.3. The van der Waals surface area contributed by atoms with Gasteiger partial charge in [-0.25, -0.2) is 0 Å². The van der Waals surface area contributed by atoms with Crippen molar-refractivity contribution in [2.75, 3.05) is 5.32 Å². The number of fused-ring (bicyclic) bond motifs is 3. The summed E-state index contributed by atoms with van der Waals surface area (Å²) < 4.78 is 0. The Balaban J connectivity index is 1.45. The SMILES string of the molecule is C[Si]1(C)c2ccccc2-c2cc(Nc3ccc(-c4ccccc4)cc3)ccc21. The molecule has 0 bridgehead atoms. The van der Waals surface area contributed by atoms with Gasteiger partial charge in [0.15, 0.2) is 0 Å². The van der Waals surface area contributed by atoms with Crippen molar-refractivity contribution in [3.63, 3.8) is 0 Å². The molecule has 28 heavy (non-hydrogen) atoms. The summed E-state index contributed by atoms with van der Waals surface area (Å²) >= 11 is 0. The summed E-state index contributed by atoms with van der Waals surface area (Å²) in [5, 5.41) is 6.68. The summed E-state index contributed by atoms with van der Waals surface area (Å²) in [4.78, 5) is 0. The molecule has 5 rings (SSSR count). The van der Waals surface area contributed by atoms with Crippen molar-refractivity contribution < 1.29 is 0 Å². The monoisotopic (exact) mass is 377 g/mol. The zero-order valence-electron chi connectivity index (χ0n) is 16.2. The van der Waals surface area contributed by atoms with Crippen LogP contribution in [0.1, 0.15) is 0 Å². The van der Waals surface area contributed by atoms with Gasteiger partial charge in [-0.1, -0.05) is 85.9 Å². The van der Waals surface area contributed by atoms with Crippen LogP contribution in [0.2, 0.25) is 13.1 Å². The third-order valence-corrected chi connectivity index (χ3v) is 9.43. The average molecular weight is 378 g/mol. The molecule has 1 aliphatic heterocycles. The van der Waals surface area contributed by atoms with E-state index in [9.17, 15) is 0 Å². The van der Waals surface area contributed by atoms with Crippen molar-refractivity contribution in [1.29, 1.82) is 0 Å². The van der Waals surface area contributed by atoms with Crippen LogP contribution in [0.15, 0.2) is 97.1 Å². The summed E-state index contributed by atoms with van der Waals surface area (Å²) in [6, 6.07) is 35.0. The van der Waals surface area contributed by atoms with Crippen molar-refractivity contribution >= 4 is 29.8 Å². The molecule has 1 nitrogen and oxygen atoms in total. The van der Waals surface area contributed by atoms with Gasteiger partial charge in [-0.3, -0.25) is 0 Å². The number of rotatable bonds is 3. The number of anilines is 2. The molecule has 4 aromatic rings. The summed E-state index contributed by atoms with van der Waals surface area (Å²) in [6.07, 6.45) is 0. The predicted molar refractivity (Wildman–Crippen MR) is 124 cm³/mol. The number of hydrogen-bond acceptors (Lipinski definition) is 1. The normalized spacial score (nSPS) is 13.6. The molecule has 4 aromatic carbocycles. The lowest BCUT2D eigenvalue weighted by Gasteiger charge is -2.18. The molecule has 0 fully saturated rings. The van der Waals surface area contributed by atoms with Crippen LogP contribution in [-0.4, -0.2) is 8.07 Å². The van der Waals surface area contributed by atoms with Gasteiger partial charge in [0.25, 0.3) is 0 Å². The molecule has 1 N–H and O–H groups in total. The lowest BCUT2D eigenvalue weighted by atomic mass is 10.0. The summed E-state index contributed by atoms with van der Waals surface area (Å²) in [7, 11) is -1.57. The van der Waals surface area contributed by atoms with Crippen LogP contribution < -0.4 is 15.7 Å². The van der Waals surface area contributed by atoms with E-state index in [-0.39, 0.29) is 0 Å². The Kier molecular flexibility index (Phi) is 3.95. The summed E-state index contributed by atoms with van der Waals surface area (Å²) in [5.74, 6) is 0. The highest BCUT2D eigenvalue weighted by Crippen LogP contribution is 2.31. The van der Waals surface area contributed by atoms with Crippen molar-refractivity contribution in [3.8, 4) is 22.3 Å². The maximum Gasteiger partial charge on any atom is 0.113 e. The van der Waals surface area contributed by atoms with Crippen LogP contribution in [0, 0.1) is 0 Å². The molecular formula is C26H23NSi. The molecule has 0 unspecified atom stereocenters. The fourth-order valence-electron chi connectivity index (χ4n) is 4.34. The van der Waals surface area contributed by atoms with E-state index in [2.05, 4.69) is 115 Å². The Morgan fingerprint density at radius 2 is 1.14 bits per heavy atom. The van der Waals surface area contributed by atoms with Gasteiger partial charge in [-0.15, -0.1) is 0 Å². The van der Waals surface area contributed by atoms with Crippen molar-refractivity contribution in [2.24, 2.45) is 0 Å². The third-order valence-electron chi connectivity index (χ3n) is 5.86. The van der Waals surface area contributed by atoms with E-state index in [1.165, 1.54) is 22.3 Å². The van der Waals surface area contributed by atoms with Gasteiger partial charge >= 0.3 is 0 Å². The Morgan fingerprint density at radius 3 is 1.93 bits per heavy atom. The van der Waals surface area contributed by atoms with E-state index in [1.807, 2.05) is 0 Å². The quantitative estimate of drug-likeness (QED) is 0.438. The van der Waals surface area contributed by atoms with E-state index in [1.54, 1.807) is 10.4 Å². The molecule has 0 spiro atoms. The fourth-order valence-corrected chi connectivity index (χ4v) is 7.42. The molecule has 0 saturated carbocycles. The van der Waals surface area contributed by atoms with Crippen molar-refractivity contribution in [3.05, 3.63) is 97.1 Å². The lowest BCUT2D eigenvalue weighted by Crippen LogP contribution is -2.49. The van der Waals surface area contributed by atoms with Gasteiger partial charge in [0.2, 0.25) is 0 Å². The molecule has 1 heterocycles. The molecule has 0 amide bonds. The fraction of sp³-hybridized carbons (Fsp3) is 0.0769. The number of benzene rings is 4. The average Bonchev–Trinajstić information content (AvgIpc) is 2.96. The van der Waals surface area contributed by atoms with Crippen LogP contribution in [-0.2, 0) is 0 Å². The second kappa shape index (κ2) is 6.50. The first-order valence-corrected chi connectivity index (χ1v) is 12.8. The minimum absolute atomic E-state index is 1.11. The summed E-state index contributed by atoms with van der Waals surface area (Å²) in [6.45, 7) is 4.90. The Labute approximate surface area is 167 Å². The maximum absolute atomic E-state index is 3.59. The molecule has 0 aliphatic carbocycles. The minimum atomic E-state index is -1.57. The van der Waals surface area contributed by atoms with Gasteiger partial charge in [-0.2, -0.15) is 0 Å². The largest absolute Gasteiger partial charge is 0.356 e. The van der Waals surface area contributed by atoms with Gasteiger partial charge in [0.1, 0.15) is 8.07 Å². The van der Waals surface area contributed by atoms with Crippen molar-refractivity contribution in [1.82, 2.24) is 0 Å². The third kappa shape index (κ3) is 2.78. The Bertz CT molecular complexity index is 1140. The van der Waals surface area contributed by atoms with Crippen LogP contribution in [0.4, 0.5) is 11.4 Å². The van der Waals surface area contributed by atoms with Gasteiger partial charge in [0, 0.05) is 11.4 Å². The smallest absolute Gasteiger partial charge is 0.113 e. The molecule has 2 heteroatoms. The standard InChI is InChI=1S/C26H23NSi/c1-28(2)25-11-7-6-10-23(25)24-18-22(16-17-26(24)28)27-21-14-12-20(13-15-21)19-8-4-3-5-9-19/h3-18,27H,1-2H3. The van der Waals surface area contributed by atoms with Gasteiger partial charge in [-0.05, 0) is 56.9 Å². The zero-order valence-corrected chi connectivity index (χ0v) is 17.2. The van der Waals surface area contributed by atoms with E-state index in [4.69, 9.17) is 0 Å². The molecule has 0 aromatic heterocycles. The molecular weight excluding hydrogens is 354 g/mol. The van der Waals surface area contributed by atoms with E-state index < -0.39 is 8.07 Å². The molecule has 1 aliphatic rings. The molecule has 0 radical (unpaired) electrons. The number of nitrogens with one attached hydrogen (secondary N) is 1. The lowest BCUT2D eigenvalue weighted by molar-refractivity contribution is 1.55. The van der Waals surface area contributed by atoms with Crippen molar-refractivity contribution in [2.45, 2.75) is 13.1 Å². The number of hydrogen-bond donors (Lipinski definition) is 1. The summed E-state index contributed by atoms with van der Waals surface area (Å²) in [5.41, 5.74) is 7.56. The van der Waals surface area contributed by atoms with E-state index >= 15 is 0 Å². The highest BCUT2D eigenvalue weighted by molar-refractivity contribution is 7.03. The van der Waals surface area contributed by atoms with Crippen LogP contribution in [0.25, 0.3) is 22.3 Å².